The van der Waals surface area contributed by atoms with E-state index in [9.17, 15) is 14.0 Å². The smallest absolute Gasteiger partial charge is 0.326 e. The third-order valence-corrected chi connectivity index (χ3v) is 2.30. The van der Waals surface area contributed by atoms with Crippen LogP contribution in [0.5, 0.6) is 0 Å². The average Bonchev–Trinajstić information content (AvgIpc) is 2.27. The number of carboxylic acids is 1. The summed E-state index contributed by atoms with van der Waals surface area (Å²) < 4.78 is 12.8. The van der Waals surface area contributed by atoms with Crippen LogP contribution in [0, 0.1) is 11.9 Å². The molecule has 0 saturated carbocycles. The molecule has 0 radical (unpaired) electrons. The van der Waals surface area contributed by atoms with E-state index in [0.29, 0.717) is 6.42 Å². The van der Waals surface area contributed by atoms with Crippen LogP contribution < -0.4 is 5.32 Å². The predicted molar refractivity (Wildman–Crippen MR) is 62.5 cm³/mol. The molecule has 1 aromatic rings. The van der Waals surface area contributed by atoms with Crippen LogP contribution in [0.3, 0.4) is 0 Å². The van der Waals surface area contributed by atoms with Gasteiger partial charge < -0.3 is 10.4 Å². The summed E-state index contributed by atoms with van der Waals surface area (Å²) in [4.78, 5) is 26.0. The van der Waals surface area contributed by atoms with E-state index in [1.807, 2.05) is 13.8 Å². The molecule has 0 aliphatic carbocycles. The summed E-state index contributed by atoms with van der Waals surface area (Å²) in [5.41, 5.74) is 0.0532. The highest BCUT2D eigenvalue weighted by atomic mass is 19.1. The summed E-state index contributed by atoms with van der Waals surface area (Å²) >= 11 is 0. The first-order valence-electron chi connectivity index (χ1n) is 5.55. The van der Waals surface area contributed by atoms with E-state index in [0.717, 1.165) is 12.3 Å². The zero-order valence-electron chi connectivity index (χ0n) is 10.2. The van der Waals surface area contributed by atoms with Crippen LogP contribution in [0.2, 0.25) is 0 Å². The van der Waals surface area contributed by atoms with Crippen molar-refractivity contribution in [1.29, 1.82) is 0 Å². The van der Waals surface area contributed by atoms with Gasteiger partial charge in [-0.25, -0.2) is 9.78 Å². The highest BCUT2D eigenvalue weighted by Crippen LogP contribution is 2.07. The van der Waals surface area contributed by atoms with Crippen molar-refractivity contribution >= 4 is 11.9 Å². The summed E-state index contributed by atoms with van der Waals surface area (Å²) in [6.07, 6.45) is 1.47. The quantitative estimate of drug-likeness (QED) is 0.779. The third kappa shape index (κ3) is 4.12. The van der Waals surface area contributed by atoms with Gasteiger partial charge in [-0.15, -0.1) is 0 Å². The van der Waals surface area contributed by atoms with Crippen molar-refractivity contribution in [2.75, 3.05) is 0 Å². The number of aliphatic carboxylic acids is 1. The highest BCUT2D eigenvalue weighted by Gasteiger charge is 2.21. The molecule has 0 spiro atoms. The molecule has 5 nitrogen and oxygen atoms in total. The monoisotopic (exact) mass is 254 g/mol. The van der Waals surface area contributed by atoms with Crippen molar-refractivity contribution < 1.29 is 19.1 Å². The van der Waals surface area contributed by atoms with Crippen molar-refractivity contribution in [2.24, 2.45) is 5.92 Å². The number of pyridine rings is 1. The van der Waals surface area contributed by atoms with E-state index < -0.39 is 23.9 Å². The van der Waals surface area contributed by atoms with Crippen LogP contribution >= 0.6 is 0 Å². The van der Waals surface area contributed by atoms with E-state index in [4.69, 9.17) is 5.11 Å². The predicted octanol–water partition coefficient (Wildman–Crippen LogP) is 1.45. The molecule has 0 unspecified atom stereocenters. The third-order valence-electron chi connectivity index (χ3n) is 2.30. The van der Waals surface area contributed by atoms with Crippen LogP contribution in [-0.4, -0.2) is 28.0 Å². The SMILES string of the molecule is CC(C)C[C@H](NC(=O)c1ccnc(F)c1)C(=O)O. The number of hydrogen-bond acceptors (Lipinski definition) is 3. The fourth-order valence-electron chi connectivity index (χ4n) is 1.48. The highest BCUT2D eigenvalue weighted by molar-refractivity contribution is 5.96. The molecule has 0 aromatic carbocycles. The fourth-order valence-corrected chi connectivity index (χ4v) is 1.48. The maximum absolute atomic E-state index is 12.8. The first-order valence-corrected chi connectivity index (χ1v) is 5.55. The van der Waals surface area contributed by atoms with Gasteiger partial charge in [-0.3, -0.25) is 4.79 Å². The van der Waals surface area contributed by atoms with Crippen LogP contribution in [0.1, 0.15) is 30.6 Å². The molecule has 1 heterocycles. The summed E-state index contributed by atoms with van der Waals surface area (Å²) in [6, 6.07) is 1.31. The number of carbonyl (C=O) groups excluding carboxylic acids is 1. The summed E-state index contributed by atoms with van der Waals surface area (Å²) in [6.45, 7) is 3.71. The van der Waals surface area contributed by atoms with Gasteiger partial charge in [-0.2, -0.15) is 4.39 Å². The van der Waals surface area contributed by atoms with Crippen molar-refractivity contribution in [3.05, 3.63) is 29.8 Å². The number of carbonyl (C=O) groups is 2. The summed E-state index contributed by atoms with van der Waals surface area (Å²) in [5.74, 6) is -2.38. The Labute approximate surface area is 104 Å². The largest absolute Gasteiger partial charge is 0.480 e. The molecular weight excluding hydrogens is 239 g/mol. The second kappa shape index (κ2) is 6.09. The molecule has 0 aliphatic rings. The number of carboxylic acid groups (broad SMARTS) is 1. The second-order valence-corrected chi connectivity index (χ2v) is 4.36. The number of rotatable bonds is 5. The zero-order chi connectivity index (χ0) is 13.7. The van der Waals surface area contributed by atoms with Crippen molar-refractivity contribution in [2.45, 2.75) is 26.3 Å². The lowest BCUT2D eigenvalue weighted by Gasteiger charge is -2.16. The number of nitrogens with zero attached hydrogens (tertiary/aromatic N) is 1. The van der Waals surface area contributed by atoms with Crippen LogP contribution in [0.15, 0.2) is 18.3 Å². The van der Waals surface area contributed by atoms with Crippen molar-refractivity contribution in [3.8, 4) is 0 Å². The van der Waals surface area contributed by atoms with E-state index >= 15 is 0 Å². The van der Waals surface area contributed by atoms with Gasteiger partial charge >= 0.3 is 5.97 Å². The lowest BCUT2D eigenvalue weighted by atomic mass is 10.0. The first-order chi connectivity index (χ1) is 8.40. The zero-order valence-corrected chi connectivity index (χ0v) is 10.2. The molecule has 1 aromatic heterocycles. The minimum absolute atomic E-state index is 0.0532. The van der Waals surface area contributed by atoms with E-state index in [1.54, 1.807) is 0 Å². The molecule has 1 amide bonds. The Bertz CT molecular complexity index is 449. The van der Waals surface area contributed by atoms with Gasteiger partial charge in [0, 0.05) is 17.8 Å². The number of amides is 1. The van der Waals surface area contributed by atoms with E-state index in [2.05, 4.69) is 10.3 Å². The normalized spacial score (nSPS) is 12.2. The number of aromatic nitrogens is 1. The van der Waals surface area contributed by atoms with Gasteiger partial charge in [0.05, 0.1) is 0 Å². The molecule has 0 aliphatic heterocycles. The topological polar surface area (TPSA) is 79.3 Å². The van der Waals surface area contributed by atoms with Crippen LogP contribution in [0.4, 0.5) is 4.39 Å². The second-order valence-electron chi connectivity index (χ2n) is 4.36. The summed E-state index contributed by atoms with van der Waals surface area (Å²) in [7, 11) is 0. The molecule has 0 bridgehead atoms. The number of nitrogens with one attached hydrogen (secondary N) is 1. The Morgan fingerprint density at radius 2 is 2.17 bits per heavy atom. The average molecular weight is 254 g/mol. The summed E-state index contributed by atoms with van der Waals surface area (Å²) in [5, 5.41) is 11.3. The van der Waals surface area contributed by atoms with Gasteiger partial charge in [0.15, 0.2) is 0 Å². The minimum Gasteiger partial charge on any atom is -0.480 e. The Morgan fingerprint density at radius 3 is 2.67 bits per heavy atom. The molecule has 2 N–H and O–H groups in total. The van der Waals surface area contributed by atoms with Gasteiger partial charge in [-0.05, 0) is 18.4 Å². The maximum Gasteiger partial charge on any atom is 0.326 e. The molecule has 6 heteroatoms. The molecule has 0 saturated heterocycles. The van der Waals surface area contributed by atoms with Crippen LogP contribution in [-0.2, 0) is 4.79 Å². The van der Waals surface area contributed by atoms with Crippen molar-refractivity contribution in [1.82, 2.24) is 10.3 Å². The lowest BCUT2D eigenvalue weighted by molar-refractivity contribution is -0.139. The Morgan fingerprint density at radius 1 is 1.50 bits per heavy atom. The standard InChI is InChI=1S/C12H15FN2O3/c1-7(2)5-9(12(17)18)15-11(16)8-3-4-14-10(13)6-8/h3-4,6-7,9H,5H2,1-2H3,(H,15,16)(H,17,18)/t9-/m0/s1. The molecule has 1 atom stereocenters. The Kier molecular flexibility index (Phi) is 4.76. The van der Waals surface area contributed by atoms with E-state index in [-0.39, 0.29) is 11.5 Å². The fraction of sp³-hybridized carbons (Fsp3) is 0.417. The minimum atomic E-state index is -1.11. The van der Waals surface area contributed by atoms with Gasteiger partial charge in [0.2, 0.25) is 5.95 Å². The van der Waals surface area contributed by atoms with Crippen LogP contribution in [0.25, 0.3) is 0 Å². The number of halogens is 1. The number of hydrogen-bond donors (Lipinski definition) is 2. The Balaban J connectivity index is 2.75. The molecular formula is C12H15FN2O3. The van der Waals surface area contributed by atoms with Gasteiger partial charge in [-0.1, -0.05) is 13.8 Å². The molecule has 98 valence electrons. The molecule has 0 fully saturated rings. The van der Waals surface area contributed by atoms with Gasteiger partial charge in [0.25, 0.3) is 5.91 Å². The molecule has 18 heavy (non-hydrogen) atoms. The molecule has 1 rings (SSSR count). The first kappa shape index (κ1) is 14.1. The maximum atomic E-state index is 12.8. The van der Waals surface area contributed by atoms with Gasteiger partial charge in [0.1, 0.15) is 6.04 Å². The van der Waals surface area contributed by atoms with E-state index in [1.165, 1.54) is 6.07 Å². The lowest BCUT2D eigenvalue weighted by Crippen LogP contribution is -2.41. The Hall–Kier alpha value is -1.98. The van der Waals surface area contributed by atoms with Crippen molar-refractivity contribution in [3.63, 3.8) is 0 Å².